The third-order valence-electron chi connectivity index (χ3n) is 3.32. The summed E-state index contributed by atoms with van der Waals surface area (Å²) in [7, 11) is 0. The second-order valence-electron chi connectivity index (χ2n) is 4.63. The Morgan fingerprint density at radius 1 is 0.850 bits per heavy atom. The first-order valence-corrected chi connectivity index (χ1v) is 6.46. The Morgan fingerprint density at radius 2 is 1.70 bits per heavy atom. The predicted octanol–water partition coefficient (Wildman–Crippen LogP) is 3.85. The molecule has 0 saturated heterocycles. The van der Waals surface area contributed by atoms with Crippen molar-refractivity contribution in [1.82, 2.24) is 15.2 Å². The molecule has 20 heavy (non-hydrogen) atoms. The zero-order chi connectivity index (χ0) is 13.4. The Kier molecular flexibility index (Phi) is 2.39. The number of aromatic nitrogens is 3. The Morgan fingerprint density at radius 3 is 2.70 bits per heavy atom. The summed E-state index contributed by atoms with van der Waals surface area (Å²) in [5, 5.41) is 12.8. The zero-order valence-electron chi connectivity index (χ0n) is 10.7. The minimum atomic E-state index is 0.793. The van der Waals surface area contributed by atoms with E-state index in [4.69, 9.17) is 0 Å². The molecule has 4 heteroatoms. The van der Waals surface area contributed by atoms with Gasteiger partial charge in [-0.15, -0.1) is 0 Å². The highest BCUT2D eigenvalue weighted by Crippen LogP contribution is 2.23. The van der Waals surface area contributed by atoms with Gasteiger partial charge in [-0.2, -0.15) is 5.10 Å². The molecule has 4 aromatic rings. The summed E-state index contributed by atoms with van der Waals surface area (Å²) in [6, 6.07) is 20.1. The molecule has 0 spiro atoms. The van der Waals surface area contributed by atoms with Crippen molar-refractivity contribution in [3.63, 3.8) is 0 Å². The minimum absolute atomic E-state index is 0.793. The quantitative estimate of drug-likeness (QED) is 0.575. The highest BCUT2D eigenvalue weighted by Gasteiger charge is 2.05. The molecule has 0 radical (unpaired) electrons. The SMILES string of the molecule is c1ccc2nc(Nc3n[nH]c4ccccc34)ccc2c1. The largest absolute Gasteiger partial charge is 0.323 e. The van der Waals surface area contributed by atoms with Crippen LogP contribution in [-0.2, 0) is 0 Å². The summed E-state index contributed by atoms with van der Waals surface area (Å²) in [5.41, 5.74) is 1.98. The van der Waals surface area contributed by atoms with Gasteiger partial charge in [0.2, 0.25) is 0 Å². The monoisotopic (exact) mass is 260 g/mol. The summed E-state index contributed by atoms with van der Waals surface area (Å²) in [5.74, 6) is 1.59. The molecular formula is C16H12N4. The Bertz CT molecular complexity index is 895. The first kappa shape index (κ1) is 11.0. The zero-order valence-corrected chi connectivity index (χ0v) is 10.7. The molecule has 0 bridgehead atoms. The average Bonchev–Trinajstić information content (AvgIpc) is 2.91. The van der Waals surface area contributed by atoms with E-state index >= 15 is 0 Å². The summed E-state index contributed by atoms with van der Waals surface area (Å²) in [4.78, 5) is 4.59. The average molecular weight is 260 g/mol. The number of nitrogens with one attached hydrogen (secondary N) is 2. The molecule has 96 valence electrons. The Hall–Kier alpha value is -2.88. The number of anilines is 2. The molecule has 0 saturated carbocycles. The Balaban J connectivity index is 1.76. The van der Waals surface area contributed by atoms with Crippen LogP contribution in [0, 0.1) is 0 Å². The van der Waals surface area contributed by atoms with Crippen LogP contribution in [0.1, 0.15) is 0 Å². The van der Waals surface area contributed by atoms with Crippen LogP contribution in [0.15, 0.2) is 60.7 Å². The third-order valence-corrected chi connectivity index (χ3v) is 3.32. The van der Waals surface area contributed by atoms with Gasteiger partial charge < -0.3 is 5.32 Å². The van der Waals surface area contributed by atoms with Crippen LogP contribution in [0.3, 0.4) is 0 Å². The summed E-state index contributed by atoms with van der Waals surface area (Å²) >= 11 is 0. The minimum Gasteiger partial charge on any atom is -0.323 e. The molecule has 0 atom stereocenters. The van der Waals surface area contributed by atoms with Gasteiger partial charge >= 0.3 is 0 Å². The molecule has 2 aromatic heterocycles. The molecule has 0 aliphatic heterocycles. The lowest BCUT2D eigenvalue weighted by Gasteiger charge is -2.04. The van der Waals surface area contributed by atoms with Crippen molar-refractivity contribution in [3.8, 4) is 0 Å². The first-order chi connectivity index (χ1) is 9.90. The van der Waals surface area contributed by atoms with Crippen molar-refractivity contribution >= 4 is 33.4 Å². The van der Waals surface area contributed by atoms with Crippen molar-refractivity contribution in [2.45, 2.75) is 0 Å². The fraction of sp³-hybridized carbons (Fsp3) is 0. The topological polar surface area (TPSA) is 53.6 Å². The lowest BCUT2D eigenvalue weighted by atomic mass is 10.2. The summed E-state index contributed by atoms with van der Waals surface area (Å²) < 4.78 is 0. The van der Waals surface area contributed by atoms with E-state index in [1.807, 2.05) is 48.5 Å². The maximum absolute atomic E-state index is 4.59. The lowest BCUT2D eigenvalue weighted by Crippen LogP contribution is -1.94. The fourth-order valence-electron chi connectivity index (χ4n) is 2.32. The van der Waals surface area contributed by atoms with Gasteiger partial charge in [0, 0.05) is 10.8 Å². The van der Waals surface area contributed by atoms with Crippen molar-refractivity contribution in [1.29, 1.82) is 0 Å². The predicted molar refractivity (Wildman–Crippen MR) is 81.1 cm³/mol. The van der Waals surface area contributed by atoms with Crippen LogP contribution in [0.4, 0.5) is 11.6 Å². The molecule has 0 unspecified atom stereocenters. The van der Waals surface area contributed by atoms with Crippen molar-refractivity contribution in [2.75, 3.05) is 5.32 Å². The van der Waals surface area contributed by atoms with E-state index in [0.29, 0.717) is 0 Å². The fourth-order valence-corrected chi connectivity index (χ4v) is 2.32. The van der Waals surface area contributed by atoms with Crippen LogP contribution < -0.4 is 5.32 Å². The summed E-state index contributed by atoms with van der Waals surface area (Å²) in [6.07, 6.45) is 0. The van der Waals surface area contributed by atoms with Crippen LogP contribution in [-0.4, -0.2) is 15.2 Å². The first-order valence-electron chi connectivity index (χ1n) is 6.46. The molecule has 0 aliphatic rings. The number of pyridine rings is 1. The van der Waals surface area contributed by atoms with Gasteiger partial charge in [-0.1, -0.05) is 30.3 Å². The van der Waals surface area contributed by atoms with Gasteiger partial charge in [0.05, 0.1) is 11.0 Å². The van der Waals surface area contributed by atoms with E-state index < -0.39 is 0 Å². The van der Waals surface area contributed by atoms with E-state index in [0.717, 1.165) is 33.4 Å². The van der Waals surface area contributed by atoms with Gasteiger partial charge in [-0.25, -0.2) is 4.98 Å². The molecule has 0 amide bonds. The van der Waals surface area contributed by atoms with Gasteiger partial charge in [0.25, 0.3) is 0 Å². The molecule has 0 aliphatic carbocycles. The molecule has 2 heterocycles. The van der Waals surface area contributed by atoms with E-state index in [9.17, 15) is 0 Å². The smallest absolute Gasteiger partial charge is 0.161 e. The number of fused-ring (bicyclic) bond motifs is 2. The number of H-pyrrole nitrogens is 1. The maximum atomic E-state index is 4.59. The second-order valence-corrected chi connectivity index (χ2v) is 4.63. The molecular weight excluding hydrogens is 248 g/mol. The van der Waals surface area contributed by atoms with E-state index in [2.05, 4.69) is 32.6 Å². The van der Waals surface area contributed by atoms with Crippen LogP contribution >= 0.6 is 0 Å². The van der Waals surface area contributed by atoms with E-state index in [1.54, 1.807) is 0 Å². The number of para-hydroxylation sites is 2. The second kappa shape index (κ2) is 4.35. The maximum Gasteiger partial charge on any atom is 0.161 e. The highest BCUT2D eigenvalue weighted by atomic mass is 15.2. The summed E-state index contributed by atoms with van der Waals surface area (Å²) in [6.45, 7) is 0. The van der Waals surface area contributed by atoms with Gasteiger partial charge in [-0.3, -0.25) is 5.10 Å². The van der Waals surface area contributed by atoms with Crippen LogP contribution in [0.25, 0.3) is 21.8 Å². The number of benzene rings is 2. The standard InChI is InChI=1S/C16H12N4/c1-3-7-13-11(5-1)9-10-15(17-13)18-16-12-6-2-4-8-14(12)19-20-16/h1-10H,(H2,17,18,19,20). The number of hydrogen-bond acceptors (Lipinski definition) is 3. The van der Waals surface area contributed by atoms with Crippen molar-refractivity contribution < 1.29 is 0 Å². The highest BCUT2D eigenvalue weighted by molar-refractivity contribution is 5.91. The van der Waals surface area contributed by atoms with Crippen molar-refractivity contribution in [2.24, 2.45) is 0 Å². The third kappa shape index (κ3) is 1.78. The molecule has 2 N–H and O–H groups in total. The van der Waals surface area contributed by atoms with E-state index in [-0.39, 0.29) is 0 Å². The number of rotatable bonds is 2. The number of nitrogens with zero attached hydrogens (tertiary/aromatic N) is 2. The number of hydrogen-bond donors (Lipinski definition) is 2. The molecule has 0 fully saturated rings. The van der Waals surface area contributed by atoms with Crippen LogP contribution in [0.2, 0.25) is 0 Å². The van der Waals surface area contributed by atoms with Crippen molar-refractivity contribution in [3.05, 3.63) is 60.7 Å². The lowest BCUT2D eigenvalue weighted by molar-refractivity contribution is 1.12. The molecule has 4 nitrogen and oxygen atoms in total. The Labute approximate surface area is 115 Å². The van der Waals surface area contributed by atoms with E-state index in [1.165, 1.54) is 0 Å². The van der Waals surface area contributed by atoms with Gasteiger partial charge in [-0.05, 0) is 30.3 Å². The van der Waals surface area contributed by atoms with Gasteiger partial charge in [0.1, 0.15) is 5.82 Å². The van der Waals surface area contributed by atoms with Crippen LogP contribution in [0.5, 0.6) is 0 Å². The van der Waals surface area contributed by atoms with Gasteiger partial charge in [0.15, 0.2) is 5.82 Å². The number of aromatic amines is 1. The molecule has 2 aromatic carbocycles. The molecule has 4 rings (SSSR count). The normalized spacial score (nSPS) is 11.0.